The second-order valence-corrected chi connectivity index (χ2v) is 9.82. The van der Waals surface area contributed by atoms with Crippen molar-refractivity contribution >= 4 is 17.7 Å². The van der Waals surface area contributed by atoms with Crippen molar-refractivity contribution in [3.8, 4) is 0 Å². The number of carbonyl (C=O) groups is 3. The van der Waals surface area contributed by atoms with Crippen LogP contribution in [-0.4, -0.2) is 35.7 Å². The van der Waals surface area contributed by atoms with E-state index in [4.69, 9.17) is 0 Å². The second-order valence-electron chi connectivity index (χ2n) is 9.82. The average Bonchev–Trinajstić information content (AvgIpc) is 3.11. The Hall–Kier alpha value is -3.21. The van der Waals surface area contributed by atoms with Gasteiger partial charge in [0, 0.05) is 31.3 Å². The molecule has 1 saturated heterocycles. The summed E-state index contributed by atoms with van der Waals surface area (Å²) in [6.07, 6.45) is 6.42. The summed E-state index contributed by atoms with van der Waals surface area (Å²) in [5.74, 6) is 0.229. The third-order valence-corrected chi connectivity index (χ3v) is 8.15. The number of rotatable bonds is 5. The number of benzene rings is 2. The molecule has 0 saturated carbocycles. The summed E-state index contributed by atoms with van der Waals surface area (Å²) in [4.78, 5) is 39.3. The van der Waals surface area contributed by atoms with Crippen molar-refractivity contribution < 1.29 is 14.4 Å². The van der Waals surface area contributed by atoms with Crippen LogP contribution in [0.25, 0.3) is 0 Å². The molecular weight excluding hydrogens is 412 g/mol. The van der Waals surface area contributed by atoms with E-state index in [2.05, 4.69) is 53.8 Å². The van der Waals surface area contributed by atoms with Crippen molar-refractivity contribution in [2.75, 3.05) is 13.1 Å². The van der Waals surface area contributed by atoms with Gasteiger partial charge in [-0.1, -0.05) is 60.7 Å². The standard InChI is InChI=1S/C28H28N2O3/c31-25(13-14-30-27(32)22-11-5-6-12-23(22)28(30)33)29-16-17-15-24-18-7-1-3-9-20(18)26(17)21-10-4-2-8-19(21)24/h1-10,17,22-24,26H,11-16H2,(H,29,31). The molecule has 0 radical (unpaired) electrons. The molecule has 4 aliphatic carbocycles. The van der Waals surface area contributed by atoms with Crippen LogP contribution in [0.5, 0.6) is 0 Å². The highest BCUT2D eigenvalue weighted by molar-refractivity contribution is 6.05. The van der Waals surface area contributed by atoms with Gasteiger partial charge in [0.15, 0.2) is 0 Å². The van der Waals surface area contributed by atoms with E-state index in [0.717, 1.165) is 6.42 Å². The summed E-state index contributed by atoms with van der Waals surface area (Å²) in [5.41, 5.74) is 5.61. The summed E-state index contributed by atoms with van der Waals surface area (Å²) in [5, 5.41) is 3.11. The largest absolute Gasteiger partial charge is 0.356 e. The third-order valence-electron chi connectivity index (χ3n) is 8.15. The Kier molecular flexibility index (Phi) is 4.93. The molecule has 33 heavy (non-hydrogen) atoms. The molecule has 1 fully saturated rings. The Bertz CT molecular complexity index is 1100. The third kappa shape index (κ3) is 3.25. The van der Waals surface area contributed by atoms with Gasteiger partial charge in [-0.3, -0.25) is 19.3 Å². The molecule has 5 nitrogen and oxygen atoms in total. The number of nitrogens with zero attached hydrogens (tertiary/aromatic N) is 1. The summed E-state index contributed by atoms with van der Waals surface area (Å²) in [6, 6.07) is 17.4. The van der Waals surface area contributed by atoms with Gasteiger partial charge in [0.05, 0.1) is 11.8 Å². The molecule has 2 aromatic carbocycles. The first-order valence-electron chi connectivity index (χ1n) is 12.1. The molecule has 2 bridgehead atoms. The Morgan fingerprint density at radius 3 is 1.97 bits per heavy atom. The fourth-order valence-electron chi connectivity index (χ4n) is 6.60. The maximum atomic E-state index is 12.7. The van der Waals surface area contributed by atoms with E-state index < -0.39 is 0 Å². The molecule has 3 amide bonds. The number of likely N-dealkylation sites (tertiary alicyclic amines) is 1. The van der Waals surface area contributed by atoms with Crippen LogP contribution >= 0.6 is 0 Å². The summed E-state index contributed by atoms with van der Waals surface area (Å²) >= 11 is 0. The molecule has 5 aliphatic rings. The van der Waals surface area contributed by atoms with Crippen LogP contribution < -0.4 is 5.32 Å². The van der Waals surface area contributed by atoms with Crippen LogP contribution in [0.2, 0.25) is 0 Å². The van der Waals surface area contributed by atoms with E-state index in [9.17, 15) is 14.4 Å². The fourth-order valence-corrected chi connectivity index (χ4v) is 6.60. The minimum absolute atomic E-state index is 0.0911. The van der Waals surface area contributed by atoms with E-state index in [0.29, 0.717) is 37.1 Å². The van der Waals surface area contributed by atoms with Crippen LogP contribution in [0.1, 0.15) is 59.8 Å². The van der Waals surface area contributed by atoms with Gasteiger partial charge in [0.1, 0.15) is 0 Å². The zero-order valence-corrected chi connectivity index (χ0v) is 18.6. The molecule has 0 spiro atoms. The van der Waals surface area contributed by atoms with Crippen molar-refractivity contribution in [1.82, 2.24) is 10.2 Å². The lowest BCUT2D eigenvalue weighted by Gasteiger charge is -2.45. The van der Waals surface area contributed by atoms with Gasteiger partial charge in [-0.25, -0.2) is 0 Å². The Balaban J connectivity index is 1.11. The fraction of sp³-hybridized carbons (Fsp3) is 0.393. The summed E-state index contributed by atoms with van der Waals surface area (Å²) in [6.45, 7) is 0.790. The van der Waals surface area contributed by atoms with E-state index in [1.54, 1.807) is 0 Å². The summed E-state index contributed by atoms with van der Waals surface area (Å²) < 4.78 is 0. The number of nitrogens with one attached hydrogen (secondary N) is 1. The van der Waals surface area contributed by atoms with E-state index in [1.165, 1.54) is 27.2 Å². The Morgan fingerprint density at radius 1 is 0.848 bits per heavy atom. The molecule has 1 aliphatic heterocycles. The number of fused-ring (bicyclic) bond motifs is 2. The number of hydrogen-bond donors (Lipinski definition) is 1. The molecule has 3 atom stereocenters. The second kappa shape index (κ2) is 7.98. The van der Waals surface area contributed by atoms with Crippen LogP contribution in [0.15, 0.2) is 60.7 Å². The molecule has 2 aromatic rings. The van der Waals surface area contributed by atoms with Crippen molar-refractivity contribution in [2.45, 2.75) is 37.5 Å². The van der Waals surface area contributed by atoms with Gasteiger partial charge in [0.25, 0.3) is 0 Å². The smallest absolute Gasteiger partial charge is 0.233 e. The lowest BCUT2D eigenvalue weighted by Crippen LogP contribution is -2.40. The Labute approximate surface area is 193 Å². The minimum Gasteiger partial charge on any atom is -0.356 e. The number of carbonyl (C=O) groups excluding carboxylic acids is 3. The number of hydrogen-bond acceptors (Lipinski definition) is 3. The van der Waals surface area contributed by atoms with E-state index >= 15 is 0 Å². The molecule has 0 aromatic heterocycles. The van der Waals surface area contributed by atoms with Gasteiger partial charge >= 0.3 is 0 Å². The molecule has 168 valence electrons. The van der Waals surface area contributed by atoms with Crippen molar-refractivity contribution in [1.29, 1.82) is 0 Å². The average molecular weight is 441 g/mol. The van der Waals surface area contributed by atoms with E-state index in [-0.39, 0.29) is 42.5 Å². The highest BCUT2D eigenvalue weighted by atomic mass is 16.2. The first-order chi connectivity index (χ1) is 16.1. The first-order valence-corrected chi connectivity index (χ1v) is 12.1. The van der Waals surface area contributed by atoms with Crippen molar-refractivity contribution in [3.63, 3.8) is 0 Å². The van der Waals surface area contributed by atoms with Crippen LogP contribution in [-0.2, 0) is 14.4 Å². The zero-order valence-electron chi connectivity index (χ0n) is 18.6. The predicted octanol–water partition coefficient (Wildman–Crippen LogP) is 3.74. The lowest BCUT2D eigenvalue weighted by molar-refractivity contribution is -0.140. The van der Waals surface area contributed by atoms with E-state index in [1.807, 2.05) is 12.2 Å². The maximum absolute atomic E-state index is 12.7. The number of allylic oxidation sites excluding steroid dienone is 2. The Morgan fingerprint density at radius 2 is 1.39 bits per heavy atom. The molecule has 3 unspecified atom stereocenters. The summed E-state index contributed by atoms with van der Waals surface area (Å²) in [7, 11) is 0. The lowest BCUT2D eigenvalue weighted by atomic mass is 9.59. The van der Waals surface area contributed by atoms with Gasteiger partial charge < -0.3 is 5.32 Å². The van der Waals surface area contributed by atoms with Gasteiger partial charge in [-0.05, 0) is 47.4 Å². The normalized spacial score (nSPS) is 29.0. The number of imide groups is 1. The van der Waals surface area contributed by atoms with Gasteiger partial charge in [-0.15, -0.1) is 0 Å². The highest BCUT2D eigenvalue weighted by Crippen LogP contribution is 2.55. The molecule has 1 N–H and O–H groups in total. The van der Waals surface area contributed by atoms with Crippen LogP contribution in [0.3, 0.4) is 0 Å². The van der Waals surface area contributed by atoms with Gasteiger partial charge in [-0.2, -0.15) is 0 Å². The van der Waals surface area contributed by atoms with Crippen molar-refractivity contribution in [2.24, 2.45) is 17.8 Å². The molecule has 5 heteroatoms. The quantitative estimate of drug-likeness (QED) is 0.569. The van der Waals surface area contributed by atoms with Crippen LogP contribution in [0, 0.1) is 17.8 Å². The van der Waals surface area contributed by atoms with Gasteiger partial charge in [0.2, 0.25) is 17.7 Å². The molecule has 7 rings (SSSR count). The van der Waals surface area contributed by atoms with Crippen molar-refractivity contribution in [3.05, 3.63) is 82.9 Å². The highest BCUT2D eigenvalue weighted by Gasteiger charge is 2.47. The van der Waals surface area contributed by atoms with Crippen LogP contribution in [0.4, 0.5) is 0 Å². The monoisotopic (exact) mass is 440 g/mol. The maximum Gasteiger partial charge on any atom is 0.233 e. The topological polar surface area (TPSA) is 66.5 Å². The first kappa shape index (κ1) is 20.4. The predicted molar refractivity (Wildman–Crippen MR) is 124 cm³/mol. The molecule has 1 heterocycles. The number of amides is 3. The molecular formula is C28H28N2O3. The minimum atomic E-state index is -0.233. The zero-order chi connectivity index (χ0) is 22.5. The SMILES string of the molecule is O=C(CCN1C(=O)C2CC=CCC2C1=O)NCC1CC2c3ccccc3C1c1ccccc12.